The van der Waals surface area contributed by atoms with Crippen molar-refractivity contribution in [1.82, 2.24) is 36.2 Å². The summed E-state index contributed by atoms with van der Waals surface area (Å²) in [6.45, 7) is 15.9. The van der Waals surface area contributed by atoms with Crippen LogP contribution in [0.2, 0.25) is 0 Å². The number of ether oxygens (including phenoxy) is 3. The maximum atomic E-state index is 12.3. The summed E-state index contributed by atoms with van der Waals surface area (Å²) >= 11 is 0. The molecule has 6 rings (SSSR count). The molecule has 4 fully saturated rings. The number of nitrogens with one attached hydrogen (secondary N) is 3. The zero-order valence-electron chi connectivity index (χ0n) is 48.8. The van der Waals surface area contributed by atoms with E-state index in [2.05, 4.69) is 66.7 Å². The average Bonchev–Trinajstić information content (AvgIpc) is 3.85. The van der Waals surface area contributed by atoms with Crippen molar-refractivity contribution in [3.8, 4) is 0 Å². The Morgan fingerprint density at radius 3 is 1.11 bits per heavy atom. The summed E-state index contributed by atoms with van der Waals surface area (Å²) in [6, 6.07) is 0.0652. The van der Waals surface area contributed by atoms with Gasteiger partial charge in [-0.25, -0.2) is 19.2 Å². The highest BCUT2D eigenvalue weighted by Gasteiger charge is 2.41. The number of carboxylic acids is 1. The molecule has 0 spiro atoms. The van der Waals surface area contributed by atoms with Crippen molar-refractivity contribution in [2.45, 2.75) is 205 Å². The Morgan fingerprint density at radius 1 is 0.552 bits per heavy atom. The number of aliphatic hydroxyl groups excluding tert-OH is 1. The number of rotatable bonds is 12. The first kappa shape index (κ1) is 80.1. The van der Waals surface area contributed by atoms with Gasteiger partial charge in [0.05, 0.1) is 6.42 Å². The van der Waals surface area contributed by atoms with Gasteiger partial charge in [0.1, 0.15) is 16.8 Å². The van der Waals surface area contributed by atoms with Crippen LogP contribution < -0.4 is 33.2 Å². The van der Waals surface area contributed by atoms with E-state index in [-0.39, 0.29) is 91.3 Å². The average molecular weight is 1310 g/mol. The standard InChI is InChI=1S/C13H20F3N3O4.C13H18F3N3O3.C11H19NO4.C8H10F3N3O.C2H3F3N2O.CH4O.ClH/c1-12(2,3)22-11(21)18-8-4-7(5-8)6-9(20)23-19-10(17)13(14,15)16;1-12(2,3)21-11(20)17-8-4-7(5-8)6-9-18-10(19-22-9)13(14,15)16;1-11(2,3)16-10(15)12-8-4-7(5-8)6-9(13)14;9-8(10,11)7-13-6(15-14-7)3-4-1-5(12)2-4;3-2(4,5)1(6)7-8;1-2;/h7-8H,4-6H2,1-3H3,(H2,17,19)(H,18,21);7-8H,4-6H2,1-3H3,(H,17,20);7-8H,4-6H2,1-3H3,(H,12,15)(H,13,14);4-5H,1-3,12H2;8H,(H2,6,7);2H,1H3;1H. The molecular weight excluding hydrogens is 1230 g/mol. The number of alkyl halides is 12. The first-order valence-electron chi connectivity index (χ1n) is 25.9. The van der Waals surface area contributed by atoms with Gasteiger partial charge in [-0.1, -0.05) is 20.6 Å². The number of carboxylic acid groups (broad SMARTS) is 1. The van der Waals surface area contributed by atoms with Gasteiger partial charge in [0.2, 0.25) is 23.5 Å². The number of aliphatic carboxylic acids is 1. The van der Waals surface area contributed by atoms with Gasteiger partial charge >= 0.3 is 54.9 Å². The summed E-state index contributed by atoms with van der Waals surface area (Å²) in [5.74, 6) is -7.11. The largest absolute Gasteiger partial charge is 0.481 e. The van der Waals surface area contributed by atoms with E-state index in [1.165, 1.54) is 0 Å². The fourth-order valence-corrected chi connectivity index (χ4v) is 7.57. The fourth-order valence-electron chi connectivity index (χ4n) is 7.57. The summed E-state index contributed by atoms with van der Waals surface area (Å²) in [6.07, 6.45) is -14.0. The number of alkyl carbamates (subject to hydrolysis) is 3. The SMILES string of the molecule is CC(C)(C)OC(=O)NC1CC(CC(=O)O)C1.CC(C)(C)OC(=O)NC1CC(CC(=O)O/N=C(\N)C(F)(F)F)C1.CC(C)(C)OC(=O)NC1CC(Cc2nc(C(F)(F)F)no2)C1.CO.Cl.N/C(=N\O)C(F)(F)F.NC1CC(Cc2nc(C(F)(F)F)no2)C1. The lowest BCUT2D eigenvalue weighted by molar-refractivity contribution is -0.147. The Kier molecular flexibility index (Phi) is 31.4. The van der Waals surface area contributed by atoms with Crippen molar-refractivity contribution in [2.75, 3.05) is 7.11 Å². The van der Waals surface area contributed by atoms with Gasteiger partial charge in [0.15, 0.2) is 0 Å². The van der Waals surface area contributed by atoms with E-state index in [1.807, 2.05) is 0 Å². The maximum absolute atomic E-state index is 12.3. The quantitative estimate of drug-likeness (QED) is 0.0183. The van der Waals surface area contributed by atoms with Crippen LogP contribution in [-0.4, -0.2) is 138 Å². The second kappa shape index (κ2) is 34.0. The van der Waals surface area contributed by atoms with E-state index in [4.69, 9.17) is 35.4 Å². The number of nitrogens with two attached hydrogens (primary N) is 3. The lowest BCUT2D eigenvalue weighted by atomic mass is 9.78. The van der Waals surface area contributed by atoms with E-state index in [0.717, 1.165) is 32.8 Å². The third kappa shape index (κ3) is 34.3. The minimum atomic E-state index is -4.83. The third-order valence-electron chi connectivity index (χ3n) is 11.4. The molecule has 0 radical (unpaired) electrons. The summed E-state index contributed by atoms with van der Waals surface area (Å²) in [5.41, 5.74) is 12.6. The molecule has 3 amide bonds. The number of amides is 3. The summed E-state index contributed by atoms with van der Waals surface area (Å²) in [7, 11) is 1.00. The van der Waals surface area contributed by atoms with E-state index in [1.54, 1.807) is 67.5 Å². The number of oxime groups is 2. The molecule has 2 aromatic rings. The van der Waals surface area contributed by atoms with Crippen LogP contribution in [0.25, 0.3) is 0 Å². The molecule has 4 aliphatic rings. The Hall–Kier alpha value is -6.86. The summed E-state index contributed by atoms with van der Waals surface area (Å²) < 4.78 is 167. The normalized spacial score (nSPS) is 21.8. The second-order valence-corrected chi connectivity index (χ2v) is 22.8. The maximum Gasteiger partial charge on any atom is 0.455 e. The molecule has 4 saturated carbocycles. The number of hydrogen-bond acceptors (Lipinski definition) is 20. The third-order valence-corrected chi connectivity index (χ3v) is 11.4. The first-order valence-corrected chi connectivity index (χ1v) is 25.9. The van der Waals surface area contributed by atoms with Crippen molar-refractivity contribution in [1.29, 1.82) is 0 Å². The molecule has 0 bridgehead atoms. The fraction of sp³-hybridized carbons (Fsp3) is 0.771. The highest BCUT2D eigenvalue weighted by molar-refractivity contribution is 5.86. The molecule has 26 nitrogen and oxygen atoms in total. The molecule has 87 heavy (non-hydrogen) atoms. The number of aliphatic hydroxyl groups is 1. The van der Waals surface area contributed by atoms with Gasteiger partial charge in [0.25, 0.3) is 11.6 Å². The van der Waals surface area contributed by atoms with Gasteiger partial charge in [0, 0.05) is 50.5 Å². The Morgan fingerprint density at radius 2 is 0.862 bits per heavy atom. The Balaban J connectivity index is 0.00000108. The molecule has 12 N–H and O–H groups in total. The minimum Gasteiger partial charge on any atom is -0.481 e. The van der Waals surface area contributed by atoms with Crippen LogP contribution in [0.4, 0.5) is 67.1 Å². The lowest BCUT2D eigenvalue weighted by Gasteiger charge is -2.35. The summed E-state index contributed by atoms with van der Waals surface area (Å²) in [4.78, 5) is 66.8. The summed E-state index contributed by atoms with van der Waals surface area (Å²) in [5, 5.41) is 41.1. The van der Waals surface area contributed by atoms with Gasteiger partial charge in [-0.15, -0.1) is 12.4 Å². The predicted molar refractivity (Wildman–Crippen MR) is 280 cm³/mol. The van der Waals surface area contributed by atoms with E-state index >= 15 is 0 Å². The minimum absolute atomic E-state index is 0. The number of carbonyl (C=O) groups is 5. The molecule has 0 aliphatic heterocycles. The number of amidine groups is 2. The monoisotopic (exact) mass is 1310 g/mol. The zero-order valence-corrected chi connectivity index (χ0v) is 49.6. The van der Waals surface area contributed by atoms with E-state index < -0.39 is 95.0 Å². The van der Waals surface area contributed by atoms with Crippen LogP contribution in [0.15, 0.2) is 19.4 Å². The van der Waals surface area contributed by atoms with E-state index in [9.17, 15) is 76.7 Å². The lowest BCUT2D eigenvalue weighted by Crippen LogP contribution is -2.46. The number of halogens is 13. The number of aromatic nitrogens is 4. The predicted octanol–water partition coefficient (Wildman–Crippen LogP) is 8.45. The van der Waals surface area contributed by atoms with Crippen molar-refractivity contribution in [3.05, 3.63) is 23.4 Å². The van der Waals surface area contributed by atoms with Crippen molar-refractivity contribution >= 4 is 54.3 Å². The Labute approximate surface area is 496 Å². The molecule has 0 saturated heterocycles. The van der Waals surface area contributed by atoms with Crippen LogP contribution in [0.1, 0.15) is 150 Å². The van der Waals surface area contributed by atoms with Crippen LogP contribution in [0.3, 0.4) is 0 Å². The number of hydrogen-bond donors (Lipinski definition) is 9. The first-order chi connectivity index (χ1) is 39.1. The van der Waals surface area contributed by atoms with Crippen LogP contribution in [-0.2, 0) is 53.8 Å². The molecule has 502 valence electrons. The second-order valence-electron chi connectivity index (χ2n) is 22.8. The molecule has 39 heteroatoms. The highest BCUT2D eigenvalue weighted by Crippen LogP contribution is 2.35. The topological polar surface area (TPSA) is 400 Å². The van der Waals surface area contributed by atoms with Crippen molar-refractivity contribution in [2.24, 2.45) is 51.2 Å². The van der Waals surface area contributed by atoms with Gasteiger partial charge in [-0.05, 0) is 137 Å². The zero-order chi connectivity index (χ0) is 66.6. The van der Waals surface area contributed by atoms with Crippen molar-refractivity contribution < 1.29 is 120 Å². The number of carbonyl (C=O) groups excluding carboxylic acids is 4. The van der Waals surface area contributed by atoms with Crippen LogP contribution in [0.5, 0.6) is 0 Å². The van der Waals surface area contributed by atoms with E-state index in [0.29, 0.717) is 32.1 Å². The van der Waals surface area contributed by atoms with Crippen molar-refractivity contribution in [3.63, 3.8) is 0 Å². The van der Waals surface area contributed by atoms with Gasteiger partial charge < -0.3 is 76.7 Å². The molecule has 0 unspecified atom stereocenters. The highest BCUT2D eigenvalue weighted by atomic mass is 35.5. The van der Waals surface area contributed by atoms with Gasteiger partial charge in [-0.3, -0.25) is 4.79 Å². The molecule has 4 aliphatic carbocycles. The smallest absolute Gasteiger partial charge is 0.455 e. The number of nitrogens with zero attached hydrogens (tertiary/aromatic N) is 6. The molecule has 2 heterocycles. The molecule has 0 aromatic carbocycles. The molecule has 0 atom stereocenters. The van der Waals surface area contributed by atoms with Gasteiger partial charge in [-0.2, -0.15) is 62.7 Å². The molecular formula is C48H75ClF12N12O14. The van der Waals surface area contributed by atoms with Crippen LogP contribution >= 0.6 is 12.4 Å². The Bertz CT molecular complexity index is 2510. The van der Waals surface area contributed by atoms with Crippen LogP contribution in [0, 0.1) is 23.7 Å². The molecule has 2 aromatic heterocycles.